The molecule has 0 saturated heterocycles. The molecule has 0 N–H and O–H groups in total. The fourth-order valence-corrected chi connectivity index (χ4v) is 2.21. The van der Waals surface area contributed by atoms with Gasteiger partial charge in [-0.1, -0.05) is 67.7 Å². The van der Waals surface area contributed by atoms with Crippen LogP contribution in [0.1, 0.15) is 51.9 Å². The van der Waals surface area contributed by atoms with Crippen LogP contribution in [0.4, 0.5) is 0 Å². The second kappa shape index (κ2) is 18.9. The van der Waals surface area contributed by atoms with Gasteiger partial charge in [-0.15, -0.1) is 0 Å². The highest BCUT2D eigenvalue weighted by Crippen LogP contribution is 2.05. The summed E-state index contributed by atoms with van der Waals surface area (Å²) in [5.74, 6) is -0.135. The Balaban J connectivity index is 3.62. The average Bonchev–Trinajstić information content (AvgIpc) is 2.64. The molecule has 0 saturated carbocycles. The molecule has 4 heteroatoms. The lowest BCUT2D eigenvalue weighted by atomic mass is 10.2. The van der Waals surface area contributed by atoms with Crippen molar-refractivity contribution in [2.45, 2.75) is 58.0 Å². The normalized spacial score (nSPS) is 13.9. The number of carbonyl (C=O) groups is 1. The molecule has 0 aromatic carbocycles. The molecular formula is C21H33O3P. The average molecular weight is 364 g/mol. The third-order valence-corrected chi connectivity index (χ3v) is 3.79. The van der Waals surface area contributed by atoms with E-state index in [0.29, 0.717) is 6.42 Å². The Morgan fingerprint density at radius 3 is 2.16 bits per heavy atom. The summed E-state index contributed by atoms with van der Waals surface area (Å²) in [6.45, 7) is 2.10. The Hall–Kier alpha value is -1.44. The highest BCUT2D eigenvalue weighted by atomic mass is 31.0. The Morgan fingerprint density at radius 2 is 1.56 bits per heavy atom. The second-order valence-corrected chi connectivity index (χ2v) is 5.76. The molecule has 2 atom stereocenters. The molecule has 0 fully saturated rings. The minimum Gasteiger partial charge on any atom is -0.469 e. The Morgan fingerprint density at radius 1 is 0.960 bits per heavy atom. The van der Waals surface area contributed by atoms with Crippen molar-refractivity contribution in [2.75, 3.05) is 7.11 Å². The summed E-state index contributed by atoms with van der Waals surface area (Å²) in [6.07, 6.45) is 27.4. The van der Waals surface area contributed by atoms with E-state index in [0.717, 1.165) is 38.5 Å². The first-order chi connectivity index (χ1) is 12.2. The number of rotatable bonds is 14. The zero-order valence-corrected chi connectivity index (χ0v) is 16.8. The van der Waals surface area contributed by atoms with E-state index >= 15 is 0 Å². The first-order valence-corrected chi connectivity index (χ1v) is 9.42. The van der Waals surface area contributed by atoms with E-state index in [1.165, 1.54) is 7.11 Å². The van der Waals surface area contributed by atoms with Crippen molar-refractivity contribution >= 4 is 15.4 Å². The second-order valence-electron chi connectivity index (χ2n) is 5.49. The zero-order valence-electron chi connectivity index (χ0n) is 15.6. The van der Waals surface area contributed by atoms with E-state index in [1.54, 1.807) is 0 Å². The number of hydrogen-bond acceptors (Lipinski definition) is 3. The van der Waals surface area contributed by atoms with Gasteiger partial charge in [0.1, 0.15) is 0 Å². The molecule has 0 radical (unpaired) electrons. The number of methoxy groups -OCH3 is 1. The van der Waals surface area contributed by atoms with Crippen molar-refractivity contribution in [1.82, 2.24) is 0 Å². The van der Waals surface area contributed by atoms with Crippen LogP contribution in [0.3, 0.4) is 0 Å². The van der Waals surface area contributed by atoms with E-state index in [2.05, 4.69) is 81.9 Å². The van der Waals surface area contributed by atoms with E-state index in [-0.39, 0.29) is 12.1 Å². The third kappa shape index (κ3) is 17.2. The van der Waals surface area contributed by atoms with Gasteiger partial charge < -0.3 is 9.26 Å². The van der Waals surface area contributed by atoms with Gasteiger partial charge in [0, 0.05) is 15.9 Å². The van der Waals surface area contributed by atoms with Gasteiger partial charge >= 0.3 is 5.97 Å². The fraction of sp³-hybridized carbons (Fsp3) is 0.476. The summed E-state index contributed by atoms with van der Waals surface area (Å²) in [5.41, 5.74) is 0. The highest BCUT2D eigenvalue weighted by molar-refractivity contribution is 7.09. The van der Waals surface area contributed by atoms with Crippen LogP contribution in [-0.2, 0) is 14.1 Å². The molecule has 0 aliphatic carbocycles. The molecule has 0 heterocycles. The van der Waals surface area contributed by atoms with Gasteiger partial charge in [-0.2, -0.15) is 0 Å². The Kier molecular flexibility index (Phi) is 17.8. The number of unbranched alkanes of at least 4 members (excludes halogenated alkanes) is 1. The van der Waals surface area contributed by atoms with Crippen molar-refractivity contribution in [1.29, 1.82) is 0 Å². The summed E-state index contributed by atoms with van der Waals surface area (Å²) in [4.78, 5) is 10.9. The first kappa shape index (κ1) is 23.6. The van der Waals surface area contributed by atoms with Gasteiger partial charge in [-0.3, -0.25) is 4.79 Å². The summed E-state index contributed by atoms with van der Waals surface area (Å²) >= 11 is 0. The molecule has 0 rings (SSSR count). The van der Waals surface area contributed by atoms with Gasteiger partial charge in [0.05, 0.1) is 13.2 Å². The largest absolute Gasteiger partial charge is 0.469 e. The summed E-state index contributed by atoms with van der Waals surface area (Å²) in [6, 6.07) is 0. The van der Waals surface area contributed by atoms with E-state index in [4.69, 9.17) is 4.52 Å². The van der Waals surface area contributed by atoms with Crippen LogP contribution in [0.25, 0.3) is 0 Å². The number of esters is 1. The molecule has 2 unspecified atom stereocenters. The molecule has 0 aromatic rings. The lowest BCUT2D eigenvalue weighted by molar-refractivity contribution is -0.140. The zero-order chi connectivity index (χ0) is 18.6. The lowest BCUT2D eigenvalue weighted by Crippen LogP contribution is -1.99. The van der Waals surface area contributed by atoms with Crippen molar-refractivity contribution in [2.24, 2.45) is 0 Å². The van der Waals surface area contributed by atoms with Gasteiger partial charge in [0.2, 0.25) is 0 Å². The third-order valence-electron chi connectivity index (χ3n) is 3.44. The maximum atomic E-state index is 10.9. The maximum absolute atomic E-state index is 10.9. The smallest absolute Gasteiger partial charge is 0.305 e. The number of hydrogen-bond donors (Lipinski definition) is 0. The Labute approximate surface area is 155 Å². The van der Waals surface area contributed by atoms with Crippen molar-refractivity contribution < 1.29 is 14.1 Å². The van der Waals surface area contributed by atoms with Crippen LogP contribution in [0.5, 0.6) is 0 Å². The van der Waals surface area contributed by atoms with Gasteiger partial charge in [0.15, 0.2) is 0 Å². The highest BCUT2D eigenvalue weighted by Gasteiger charge is 1.96. The number of allylic oxidation sites excluding steroid dienone is 9. The van der Waals surface area contributed by atoms with Crippen LogP contribution in [0.15, 0.2) is 60.8 Å². The topological polar surface area (TPSA) is 35.5 Å². The van der Waals surface area contributed by atoms with E-state index in [1.807, 2.05) is 0 Å². The lowest BCUT2D eigenvalue weighted by Gasteiger charge is -2.04. The van der Waals surface area contributed by atoms with Gasteiger partial charge in [0.25, 0.3) is 0 Å². The van der Waals surface area contributed by atoms with Crippen LogP contribution in [-0.4, -0.2) is 19.2 Å². The van der Waals surface area contributed by atoms with E-state index < -0.39 is 0 Å². The van der Waals surface area contributed by atoms with Crippen LogP contribution >= 0.6 is 9.47 Å². The molecule has 0 amide bonds. The number of ether oxygens (including phenoxy) is 1. The van der Waals surface area contributed by atoms with Gasteiger partial charge in [-0.05, 0) is 38.5 Å². The molecule has 0 spiro atoms. The summed E-state index contributed by atoms with van der Waals surface area (Å²) in [5, 5.41) is 0. The molecule has 25 heavy (non-hydrogen) atoms. The monoisotopic (exact) mass is 364 g/mol. The SMILES string of the molecule is CCC(C=CCC=CC=CCC=CCC=CCCCC(=O)OC)OP. The maximum Gasteiger partial charge on any atom is 0.305 e. The van der Waals surface area contributed by atoms with Crippen LogP contribution in [0, 0.1) is 0 Å². The first-order valence-electron chi connectivity index (χ1n) is 8.95. The minimum atomic E-state index is -0.135. The molecule has 0 aromatic heterocycles. The summed E-state index contributed by atoms with van der Waals surface area (Å²) < 4.78 is 9.79. The molecule has 0 bridgehead atoms. The Bertz CT molecular complexity index is 458. The van der Waals surface area contributed by atoms with Crippen molar-refractivity contribution in [3.05, 3.63) is 60.8 Å². The molecule has 3 nitrogen and oxygen atoms in total. The molecule has 140 valence electrons. The fourth-order valence-electron chi connectivity index (χ4n) is 1.93. The predicted molar refractivity (Wildman–Crippen MR) is 110 cm³/mol. The van der Waals surface area contributed by atoms with E-state index in [9.17, 15) is 4.79 Å². The van der Waals surface area contributed by atoms with Crippen LogP contribution < -0.4 is 0 Å². The van der Waals surface area contributed by atoms with Gasteiger partial charge in [-0.25, -0.2) is 0 Å². The van der Waals surface area contributed by atoms with Crippen LogP contribution in [0.2, 0.25) is 0 Å². The molecule has 0 aliphatic rings. The summed E-state index contributed by atoms with van der Waals surface area (Å²) in [7, 11) is 3.73. The molecular weight excluding hydrogens is 331 g/mol. The van der Waals surface area contributed by atoms with Crippen molar-refractivity contribution in [3.63, 3.8) is 0 Å². The quantitative estimate of drug-likeness (QED) is 0.127. The predicted octanol–water partition coefficient (Wildman–Crippen LogP) is 5.87. The molecule has 0 aliphatic heterocycles. The standard InChI is InChI=1S/C21H33O3P/c1-3-20(24-25)18-16-14-12-10-8-6-4-5-7-9-11-13-15-17-19-21(22)23-2/h5-8,10-13,16,18,20H,3-4,9,14-15,17,19,25H2,1-2H3. The minimum absolute atomic E-state index is 0.135. The number of carbonyl (C=O) groups excluding carboxylic acids is 1. The van der Waals surface area contributed by atoms with Crippen molar-refractivity contribution in [3.8, 4) is 0 Å².